The summed E-state index contributed by atoms with van der Waals surface area (Å²) in [5.41, 5.74) is 1.28. The predicted octanol–water partition coefficient (Wildman–Crippen LogP) is 1.54. The normalized spacial score (nSPS) is 20.6. The fourth-order valence-corrected chi connectivity index (χ4v) is 4.74. The number of hydrogen-bond donors (Lipinski definition) is 2. The molecule has 162 valence electrons. The van der Waals surface area contributed by atoms with Gasteiger partial charge in [-0.15, -0.1) is 11.3 Å². The van der Waals surface area contributed by atoms with Crippen molar-refractivity contribution in [1.82, 2.24) is 20.4 Å². The zero-order valence-electron chi connectivity index (χ0n) is 17.9. The van der Waals surface area contributed by atoms with E-state index in [9.17, 15) is 4.79 Å². The number of fused-ring (bicyclic) bond motifs is 1. The van der Waals surface area contributed by atoms with Gasteiger partial charge in [-0.3, -0.25) is 9.69 Å². The van der Waals surface area contributed by atoms with Crippen molar-refractivity contribution in [3.63, 3.8) is 0 Å². The number of thiophene rings is 1. The van der Waals surface area contributed by atoms with Crippen LogP contribution in [0.15, 0.2) is 16.4 Å². The highest BCUT2D eigenvalue weighted by atomic mass is 32.1. The van der Waals surface area contributed by atoms with Crippen molar-refractivity contribution < 1.29 is 9.53 Å². The van der Waals surface area contributed by atoms with Crippen LogP contribution in [-0.2, 0) is 22.5 Å². The van der Waals surface area contributed by atoms with Gasteiger partial charge < -0.3 is 20.3 Å². The molecular weight excluding hydrogens is 386 g/mol. The average molecular weight is 422 g/mol. The van der Waals surface area contributed by atoms with Gasteiger partial charge in [-0.1, -0.05) is 13.8 Å². The first-order valence-corrected chi connectivity index (χ1v) is 11.6. The summed E-state index contributed by atoms with van der Waals surface area (Å²) in [6.45, 7) is 13.4. The SMILES string of the molecule is CCNC(=NCC(=O)N1CCc2sccc2C1)NCC1CN(CC(C)C)CCO1. The van der Waals surface area contributed by atoms with Crippen molar-refractivity contribution in [2.45, 2.75) is 39.8 Å². The number of amides is 1. The highest BCUT2D eigenvalue weighted by Crippen LogP contribution is 2.23. The molecule has 1 amide bonds. The van der Waals surface area contributed by atoms with Gasteiger partial charge in [0.1, 0.15) is 6.54 Å². The van der Waals surface area contributed by atoms with Crippen LogP contribution in [0.1, 0.15) is 31.2 Å². The maximum atomic E-state index is 12.6. The fourth-order valence-electron chi connectivity index (χ4n) is 3.85. The maximum Gasteiger partial charge on any atom is 0.244 e. The molecule has 0 saturated carbocycles. The van der Waals surface area contributed by atoms with Gasteiger partial charge in [0.05, 0.1) is 12.7 Å². The minimum Gasteiger partial charge on any atom is -0.374 e. The van der Waals surface area contributed by atoms with Gasteiger partial charge in [0.2, 0.25) is 5.91 Å². The van der Waals surface area contributed by atoms with Crippen molar-refractivity contribution in [2.75, 3.05) is 52.4 Å². The Kier molecular flexibility index (Phi) is 8.32. The third-order valence-electron chi connectivity index (χ3n) is 5.22. The zero-order valence-corrected chi connectivity index (χ0v) is 18.8. The molecule has 7 nitrogen and oxygen atoms in total. The van der Waals surface area contributed by atoms with Crippen molar-refractivity contribution in [2.24, 2.45) is 10.9 Å². The summed E-state index contributed by atoms with van der Waals surface area (Å²) < 4.78 is 5.90. The van der Waals surface area contributed by atoms with Crippen LogP contribution >= 0.6 is 11.3 Å². The van der Waals surface area contributed by atoms with Crippen LogP contribution in [-0.4, -0.2) is 80.2 Å². The molecule has 1 unspecified atom stereocenters. The van der Waals surface area contributed by atoms with E-state index in [4.69, 9.17) is 4.74 Å². The lowest BCUT2D eigenvalue weighted by molar-refractivity contribution is -0.130. The monoisotopic (exact) mass is 421 g/mol. The summed E-state index contributed by atoms with van der Waals surface area (Å²) in [7, 11) is 0. The number of ether oxygens (including phenoxy) is 1. The third-order valence-corrected chi connectivity index (χ3v) is 6.24. The van der Waals surface area contributed by atoms with Gasteiger partial charge in [0, 0.05) is 50.7 Å². The van der Waals surface area contributed by atoms with Crippen molar-refractivity contribution in [1.29, 1.82) is 0 Å². The van der Waals surface area contributed by atoms with E-state index in [0.717, 1.165) is 45.8 Å². The highest BCUT2D eigenvalue weighted by molar-refractivity contribution is 7.10. The molecule has 0 radical (unpaired) electrons. The summed E-state index contributed by atoms with van der Waals surface area (Å²) in [4.78, 5) is 22.9. The van der Waals surface area contributed by atoms with Crippen LogP contribution in [0.4, 0.5) is 0 Å². The number of nitrogens with zero attached hydrogens (tertiary/aromatic N) is 3. The van der Waals surface area contributed by atoms with Gasteiger partial charge in [-0.05, 0) is 36.3 Å². The molecule has 0 aromatic carbocycles. The van der Waals surface area contributed by atoms with Gasteiger partial charge in [-0.25, -0.2) is 4.99 Å². The lowest BCUT2D eigenvalue weighted by Gasteiger charge is -2.34. The summed E-state index contributed by atoms with van der Waals surface area (Å²) >= 11 is 1.79. The fraction of sp³-hybridized carbons (Fsp3) is 0.714. The molecule has 0 spiro atoms. The topological polar surface area (TPSA) is 69.2 Å². The zero-order chi connectivity index (χ0) is 20.6. The molecule has 0 bridgehead atoms. The van der Waals surface area contributed by atoms with Crippen molar-refractivity contribution in [3.8, 4) is 0 Å². The summed E-state index contributed by atoms with van der Waals surface area (Å²) in [5.74, 6) is 1.42. The number of guanidine groups is 1. The van der Waals surface area contributed by atoms with E-state index in [1.807, 2.05) is 11.8 Å². The first-order chi connectivity index (χ1) is 14.0. The van der Waals surface area contributed by atoms with Crippen molar-refractivity contribution in [3.05, 3.63) is 21.9 Å². The Morgan fingerprint density at radius 3 is 3.03 bits per heavy atom. The predicted molar refractivity (Wildman–Crippen MR) is 118 cm³/mol. The quantitative estimate of drug-likeness (QED) is 0.516. The van der Waals surface area contributed by atoms with E-state index in [-0.39, 0.29) is 18.6 Å². The molecule has 1 aromatic heterocycles. The largest absolute Gasteiger partial charge is 0.374 e. The number of rotatable bonds is 7. The molecule has 8 heteroatoms. The number of morpholine rings is 1. The Bertz CT molecular complexity index is 690. The van der Waals surface area contributed by atoms with E-state index in [1.54, 1.807) is 11.3 Å². The Morgan fingerprint density at radius 2 is 2.24 bits per heavy atom. The smallest absolute Gasteiger partial charge is 0.244 e. The number of carbonyl (C=O) groups excluding carboxylic acids is 1. The molecular formula is C21H35N5O2S. The molecule has 1 atom stereocenters. The summed E-state index contributed by atoms with van der Waals surface area (Å²) in [6, 6.07) is 2.13. The minimum atomic E-state index is 0.0797. The van der Waals surface area contributed by atoms with Gasteiger partial charge in [-0.2, -0.15) is 0 Å². The maximum absolute atomic E-state index is 12.6. The van der Waals surface area contributed by atoms with E-state index >= 15 is 0 Å². The summed E-state index contributed by atoms with van der Waals surface area (Å²) in [5, 5.41) is 8.70. The van der Waals surface area contributed by atoms with Crippen LogP contribution in [0.25, 0.3) is 0 Å². The molecule has 2 N–H and O–H groups in total. The van der Waals surface area contributed by atoms with E-state index < -0.39 is 0 Å². The van der Waals surface area contributed by atoms with Crippen LogP contribution in [0.3, 0.4) is 0 Å². The van der Waals surface area contributed by atoms with Crippen LogP contribution in [0.5, 0.6) is 0 Å². The molecule has 2 aliphatic heterocycles. The number of nitrogens with one attached hydrogen (secondary N) is 2. The molecule has 3 rings (SSSR count). The standard InChI is InChI=1S/C21H35N5O2S/c1-4-22-21(23-11-18-15-25(8-9-28-18)13-16(2)3)24-12-20(27)26-7-5-19-17(14-26)6-10-29-19/h6,10,16,18H,4-5,7-9,11-15H2,1-3H3,(H2,22,23,24). The first kappa shape index (κ1) is 22.1. The second-order valence-electron chi connectivity index (χ2n) is 8.16. The van der Waals surface area contributed by atoms with E-state index in [1.165, 1.54) is 10.4 Å². The van der Waals surface area contributed by atoms with E-state index in [2.05, 4.69) is 45.8 Å². The molecule has 1 fully saturated rings. The highest BCUT2D eigenvalue weighted by Gasteiger charge is 2.22. The van der Waals surface area contributed by atoms with Crippen molar-refractivity contribution >= 4 is 23.2 Å². The van der Waals surface area contributed by atoms with Gasteiger partial charge >= 0.3 is 0 Å². The lowest BCUT2D eigenvalue weighted by atomic mass is 10.1. The number of aliphatic imine (C=N–C) groups is 1. The van der Waals surface area contributed by atoms with Gasteiger partial charge in [0.25, 0.3) is 0 Å². The van der Waals surface area contributed by atoms with Gasteiger partial charge in [0.15, 0.2) is 5.96 Å². The third kappa shape index (κ3) is 6.69. The minimum absolute atomic E-state index is 0.0797. The lowest BCUT2D eigenvalue weighted by Crippen LogP contribution is -2.50. The van der Waals surface area contributed by atoms with Crippen LogP contribution in [0.2, 0.25) is 0 Å². The number of carbonyl (C=O) groups is 1. The Hall–Kier alpha value is -1.64. The molecule has 1 aromatic rings. The molecule has 3 heterocycles. The molecule has 2 aliphatic rings. The molecule has 29 heavy (non-hydrogen) atoms. The summed E-state index contributed by atoms with van der Waals surface area (Å²) in [6.07, 6.45) is 1.09. The number of hydrogen-bond acceptors (Lipinski definition) is 5. The second-order valence-corrected chi connectivity index (χ2v) is 9.16. The first-order valence-electron chi connectivity index (χ1n) is 10.7. The Balaban J connectivity index is 1.47. The second kappa shape index (κ2) is 10.9. The molecule has 1 saturated heterocycles. The van der Waals surface area contributed by atoms with Crippen LogP contribution < -0.4 is 10.6 Å². The average Bonchev–Trinajstić information content (AvgIpc) is 3.17. The van der Waals surface area contributed by atoms with Crippen LogP contribution in [0, 0.1) is 5.92 Å². The van der Waals surface area contributed by atoms with E-state index in [0.29, 0.717) is 25.0 Å². The Morgan fingerprint density at radius 1 is 1.38 bits per heavy atom. The molecule has 0 aliphatic carbocycles. The Labute approximate surface area is 178 Å².